The number of nitrogens with one attached hydrogen (secondary N) is 2. The van der Waals surface area contributed by atoms with E-state index in [1.165, 1.54) is 12.8 Å². The molecule has 0 bridgehead atoms. The summed E-state index contributed by atoms with van der Waals surface area (Å²) in [6, 6.07) is 7.56. The molecule has 2 rings (SSSR count). The summed E-state index contributed by atoms with van der Waals surface area (Å²) < 4.78 is 16.4. The van der Waals surface area contributed by atoms with E-state index in [4.69, 9.17) is 14.2 Å². The minimum absolute atomic E-state index is 0.567. The zero-order chi connectivity index (χ0) is 17.0. The van der Waals surface area contributed by atoms with Gasteiger partial charge in [-0.2, -0.15) is 0 Å². The number of aliphatic imine (C=N–C) groups is 1. The van der Waals surface area contributed by atoms with E-state index in [2.05, 4.69) is 15.6 Å². The largest absolute Gasteiger partial charge is 0.497 e. The molecule has 2 N–H and O–H groups in total. The normalized spacial score (nSPS) is 14.3. The zero-order valence-electron chi connectivity index (χ0n) is 14.7. The molecule has 0 spiro atoms. The van der Waals surface area contributed by atoms with Gasteiger partial charge in [0, 0.05) is 26.8 Å². The Kier molecular flexibility index (Phi) is 8.24. The van der Waals surface area contributed by atoms with Gasteiger partial charge in [0.15, 0.2) is 5.96 Å². The Morgan fingerprint density at radius 3 is 2.46 bits per heavy atom. The van der Waals surface area contributed by atoms with Crippen LogP contribution in [0.2, 0.25) is 0 Å². The van der Waals surface area contributed by atoms with Gasteiger partial charge in [0.25, 0.3) is 0 Å². The molecule has 1 aliphatic carbocycles. The lowest BCUT2D eigenvalue weighted by Gasteiger charge is -2.12. The van der Waals surface area contributed by atoms with Crippen LogP contribution in [0, 0.1) is 5.92 Å². The van der Waals surface area contributed by atoms with Crippen molar-refractivity contribution in [2.45, 2.75) is 19.3 Å². The summed E-state index contributed by atoms with van der Waals surface area (Å²) in [4.78, 5) is 4.19. The van der Waals surface area contributed by atoms with Crippen LogP contribution in [0.3, 0.4) is 0 Å². The molecule has 24 heavy (non-hydrogen) atoms. The predicted octanol–water partition coefficient (Wildman–Crippen LogP) is 2.06. The molecule has 0 aliphatic heterocycles. The van der Waals surface area contributed by atoms with Crippen LogP contribution in [0.25, 0.3) is 0 Å². The lowest BCUT2D eigenvalue weighted by Crippen LogP contribution is -2.39. The van der Waals surface area contributed by atoms with E-state index >= 15 is 0 Å². The van der Waals surface area contributed by atoms with Gasteiger partial charge < -0.3 is 24.8 Å². The van der Waals surface area contributed by atoms with Crippen molar-refractivity contribution < 1.29 is 14.2 Å². The van der Waals surface area contributed by atoms with E-state index in [1.807, 2.05) is 24.3 Å². The highest BCUT2D eigenvalue weighted by atomic mass is 16.5. The lowest BCUT2D eigenvalue weighted by atomic mass is 10.3. The average molecular weight is 335 g/mol. The van der Waals surface area contributed by atoms with Crippen molar-refractivity contribution in [1.82, 2.24) is 10.6 Å². The smallest absolute Gasteiger partial charge is 0.191 e. The third-order valence-electron chi connectivity index (χ3n) is 3.75. The number of benzene rings is 1. The Balaban J connectivity index is 1.49. The molecule has 6 nitrogen and oxygen atoms in total. The first-order valence-corrected chi connectivity index (χ1v) is 8.61. The molecule has 0 saturated heterocycles. The van der Waals surface area contributed by atoms with Gasteiger partial charge in [-0.25, -0.2) is 0 Å². The molecule has 1 aromatic carbocycles. The van der Waals surface area contributed by atoms with Gasteiger partial charge in [0.2, 0.25) is 0 Å². The maximum Gasteiger partial charge on any atom is 0.191 e. The van der Waals surface area contributed by atoms with E-state index in [0.717, 1.165) is 49.6 Å². The number of nitrogens with zero attached hydrogens (tertiary/aromatic N) is 1. The third kappa shape index (κ3) is 7.55. The fourth-order valence-corrected chi connectivity index (χ4v) is 2.15. The van der Waals surface area contributed by atoms with Crippen molar-refractivity contribution in [1.29, 1.82) is 0 Å². The van der Waals surface area contributed by atoms with Gasteiger partial charge >= 0.3 is 0 Å². The van der Waals surface area contributed by atoms with Gasteiger partial charge in [0.05, 0.1) is 13.7 Å². The summed E-state index contributed by atoms with van der Waals surface area (Å²) in [6.45, 7) is 3.84. The van der Waals surface area contributed by atoms with E-state index in [0.29, 0.717) is 13.2 Å². The number of guanidine groups is 1. The van der Waals surface area contributed by atoms with Crippen LogP contribution in [-0.4, -0.2) is 53.0 Å². The highest BCUT2D eigenvalue weighted by molar-refractivity contribution is 5.79. The third-order valence-corrected chi connectivity index (χ3v) is 3.75. The number of rotatable bonds is 11. The fraction of sp³-hybridized carbons (Fsp3) is 0.611. The second kappa shape index (κ2) is 10.8. The van der Waals surface area contributed by atoms with Crippen molar-refractivity contribution in [2.24, 2.45) is 10.9 Å². The summed E-state index contributed by atoms with van der Waals surface area (Å²) in [6.07, 6.45) is 3.66. The molecule has 0 aromatic heterocycles. The molecular weight excluding hydrogens is 306 g/mol. The summed E-state index contributed by atoms with van der Waals surface area (Å²) in [5.41, 5.74) is 0. The van der Waals surface area contributed by atoms with Gasteiger partial charge in [-0.3, -0.25) is 4.99 Å². The maximum atomic E-state index is 5.67. The van der Waals surface area contributed by atoms with Crippen LogP contribution < -0.4 is 20.1 Å². The van der Waals surface area contributed by atoms with Gasteiger partial charge in [0.1, 0.15) is 18.1 Å². The van der Waals surface area contributed by atoms with Crippen LogP contribution in [0.5, 0.6) is 11.5 Å². The number of hydrogen-bond acceptors (Lipinski definition) is 4. The summed E-state index contributed by atoms with van der Waals surface area (Å²) in [7, 11) is 3.42. The molecule has 0 atom stereocenters. The Morgan fingerprint density at radius 2 is 1.79 bits per heavy atom. The predicted molar refractivity (Wildman–Crippen MR) is 96.0 cm³/mol. The van der Waals surface area contributed by atoms with Crippen LogP contribution in [0.15, 0.2) is 29.3 Å². The summed E-state index contributed by atoms with van der Waals surface area (Å²) in [5.74, 6) is 3.27. The van der Waals surface area contributed by atoms with E-state index in [1.54, 1.807) is 14.2 Å². The second-order valence-corrected chi connectivity index (χ2v) is 5.82. The maximum absolute atomic E-state index is 5.67. The average Bonchev–Trinajstić information content (AvgIpc) is 3.44. The van der Waals surface area contributed by atoms with Crippen LogP contribution >= 0.6 is 0 Å². The van der Waals surface area contributed by atoms with E-state index in [-0.39, 0.29) is 0 Å². The molecule has 0 heterocycles. The Hall–Kier alpha value is -1.95. The Labute approximate surface area is 144 Å². The topological polar surface area (TPSA) is 64.1 Å². The van der Waals surface area contributed by atoms with E-state index in [9.17, 15) is 0 Å². The second-order valence-electron chi connectivity index (χ2n) is 5.82. The number of hydrogen-bond donors (Lipinski definition) is 2. The van der Waals surface area contributed by atoms with Crippen molar-refractivity contribution in [2.75, 3.05) is 47.1 Å². The first-order chi connectivity index (χ1) is 11.8. The Bertz CT molecular complexity index is 487. The molecule has 1 aromatic rings. The van der Waals surface area contributed by atoms with Gasteiger partial charge in [-0.05, 0) is 49.4 Å². The van der Waals surface area contributed by atoms with Crippen LogP contribution in [-0.2, 0) is 4.74 Å². The highest BCUT2D eigenvalue weighted by Crippen LogP contribution is 2.28. The monoisotopic (exact) mass is 335 g/mol. The minimum atomic E-state index is 0.567. The zero-order valence-corrected chi connectivity index (χ0v) is 14.7. The van der Waals surface area contributed by atoms with Gasteiger partial charge in [-0.15, -0.1) is 0 Å². The highest BCUT2D eigenvalue weighted by Gasteiger charge is 2.20. The molecule has 0 amide bonds. The molecule has 1 aliphatic rings. The molecule has 1 fully saturated rings. The molecule has 6 heteroatoms. The van der Waals surface area contributed by atoms with E-state index < -0.39 is 0 Å². The van der Waals surface area contributed by atoms with Crippen molar-refractivity contribution in [3.63, 3.8) is 0 Å². The van der Waals surface area contributed by atoms with Crippen molar-refractivity contribution in [3.8, 4) is 11.5 Å². The standard InChI is InChI=1S/C18H29N3O3/c1-19-18(20-10-3-12-23-14-15-4-5-15)21-11-13-24-17-8-6-16(22-2)7-9-17/h6-9,15H,3-5,10-14H2,1-2H3,(H2,19,20,21). The number of ether oxygens (including phenoxy) is 3. The van der Waals surface area contributed by atoms with Gasteiger partial charge in [-0.1, -0.05) is 0 Å². The van der Waals surface area contributed by atoms with Crippen LogP contribution in [0.4, 0.5) is 0 Å². The first-order valence-electron chi connectivity index (χ1n) is 8.61. The molecule has 0 unspecified atom stereocenters. The SMILES string of the molecule is CN=C(NCCCOCC1CC1)NCCOc1ccc(OC)cc1. The molecular formula is C18H29N3O3. The Morgan fingerprint density at radius 1 is 1.08 bits per heavy atom. The summed E-state index contributed by atoms with van der Waals surface area (Å²) >= 11 is 0. The molecule has 134 valence electrons. The first kappa shape index (κ1) is 18.4. The quantitative estimate of drug-likeness (QED) is 0.368. The van der Waals surface area contributed by atoms with Crippen LogP contribution in [0.1, 0.15) is 19.3 Å². The molecule has 0 radical (unpaired) electrons. The fourth-order valence-electron chi connectivity index (χ4n) is 2.15. The molecule has 1 saturated carbocycles. The number of methoxy groups -OCH3 is 1. The minimum Gasteiger partial charge on any atom is -0.497 e. The lowest BCUT2D eigenvalue weighted by molar-refractivity contribution is 0.123. The van der Waals surface area contributed by atoms with Crippen molar-refractivity contribution in [3.05, 3.63) is 24.3 Å². The van der Waals surface area contributed by atoms with Crippen molar-refractivity contribution >= 4 is 5.96 Å². The summed E-state index contributed by atoms with van der Waals surface area (Å²) in [5, 5.41) is 6.50.